The molecule has 1 N–H and O–H groups in total. The third-order valence-corrected chi connectivity index (χ3v) is 4.19. The number of nitrogens with one attached hydrogen (secondary N) is 1. The molecule has 1 fully saturated rings. The van der Waals surface area contributed by atoms with Crippen molar-refractivity contribution in [1.82, 2.24) is 10.2 Å². The van der Waals surface area contributed by atoms with Gasteiger partial charge in [0.2, 0.25) is 0 Å². The van der Waals surface area contributed by atoms with Crippen molar-refractivity contribution in [3.05, 3.63) is 30.1 Å². The standard InChI is InChI=1S/C17H25FN2O2/c1-13(22-16-5-3-15(18)4-6-16)17(21)19-10-7-14-8-11-20(2)12-9-14/h3-6,13-14H,7-12H2,1-2H3,(H,19,21)/t13-/m1/s1. The van der Waals surface area contributed by atoms with Gasteiger partial charge in [-0.3, -0.25) is 4.79 Å². The van der Waals surface area contributed by atoms with Gasteiger partial charge in [-0.25, -0.2) is 4.39 Å². The van der Waals surface area contributed by atoms with Crippen LogP contribution in [0.25, 0.3) is 0 Å². The van der Waals surface area contributed by atoms with E-state index in [1.165, 1.54) is 37.1 Å². The largest absolute Gasteiger partial charge is 0.481 e. The van der Waals surface area contributed by atoms with Gasteiger partial charge in [-0.05, 0) is 76.5 Å². The lowest BCUT2D eigenvalue weighted by molar-refractivity contribution is -0.127. The third-order valence-electron chi connectivity index (χ3n) is 4.19. The van der Waals surface area contributed by atoms with Crippen LogP contribution in [0.4, 0.5) is 4.39 Å². The van der Waals surface area contributed by atoms with Gasteiger partial charge in [-0.15, -0.1) is 0 Å². The first-order chi connectivity index (χ1) is 10.5. The van der Waals surface area contributed by atoms with E-state index in [2.05, 4.69) is 17.3 Å². The SMILES string of the molecule is C[C@@H](Oc1ccc(F)cc1)C(=O)NCCC1CCN(C)CC1. The second-order valence-corrected chi connectivity index (χ2v) is 6.04. The van der Waals surface area contributed by atoms with Crippen LogP contribution in [-0.4, -0.2) is 43.6 Å². The monoisotopic (exact) mass is 308 g/mol. The number of carbonyl (C=O) groups excluding carboxylic acids is 1. The van der Waals surface area contributed by atoms with Gasteiger partial charge in [-0.2, -0.15) is 0 Å². The quantitative estimate of drug-likeness (QED) is 0.877. The highest BCUT2D eigenvalue weighted by Crippen LogP contribution is 2.18. The summed E-state index contributed by atoms with van der Waals surface area (Å²) >= 11 is 0. The van der Waals surface area contributed by atoms with Crippen LogP contribution >= 0.6 is 0 Å². The van der Waals surface area contributed by atoms with Crippen LogP contribution in [0.15, 0.2) is 24.3 Å². The topological polar surface area (TPSA) is 41.6 Å². The number of benzene rings is 1. The summed E-state index contributed by atoms with van der Waals surface area (Å²) in [4.78, 5) is 14.3. The molecule has 1 saturated heterocycles. The van der Waals surface area contributed by atoms with Crippen molar-refractivity contribution in [2.75, 3.05) is 26.7 Å². The van der Waals surface area contributed by atoms with E-state index < -0.39 is 6.10 Å². The number of ether oxygens (including phenoxy) is 1. The molecule has 0 unspecified atom stereocenters. The molecule has 4 nitrogen and oxygen atoms in total. The maximum Gasteiger partial charge on any atom is 0.260 e. The molecule has 1 aliphatic rings. The Morgan fingerprint density at radius 2 is 2.00 bits per heavy atom. The lowest BCUT2D eigenvalue weighted by Gasteiger charge is -2.29. The molecular formula is C17H25FN2O2. The summed E-state index contributed by atoms with van der Waals surface area (Å²) in [5, 5.41) is 2.92. The number of hydrogen-bond donors (Lipinski definition) is 1. The Kier molecular flexibility index (Phi) is 6.19. The van der Waals surface area contributed by atoms with Crippen LogP contribution < -0.4 is 10.1 Å². The van der Waals surface area contributed by atoms with E-state index in [1.54, 1.807) is 6.92 Å². The molecule has 0 aromatic heterocycles. The minimum atomic E-state index is -0.581. The third kappa shape index (κ3) is 5.30. The van der Waals surface area contributed by atoms with Crippen molar-refractivity contribution >= 4 is 5.91 Å². The summed E-state index contributed by atoms with van der Waals surface area (Å²) in [6.45, 7) is 4.67. The van der Waals surface area contributed by atoms with E-state index in [9.17, 15) is 9.18 Å². The Bertz CT molecular complexity index is 470. The molecule has 22 heavy (non-hydrogen) atoms. The van der Waals surface area contributed by atoms with Crippen molar-refractivity contribution in [3.63, 3.8) is 0 Å². The number of nitrogens with zero attached hydrogens (tertiary/aromatic N) is 1. The van der Waals surface area contributed by atoms with Gasteiger partial charge in [-0.1, -0.05) is 0 Å². The molecule has 1 aromatic rings. The first-order valence-electron chi connectivity index (χ1n) is 7.93. The number of likely N-dealkylation sites (tertiary alicyclic amines) is 1. The smallest absolute Gasteiger partial charge is 0.260 e. The van der Waals surface area contributed by atoms with E-state index in [-0.39, 0.29) is 11.7 Å². The van der Waals surface area contributed by atoms with E-state index in [0.717, 1.165) is 19.5 Å². The molecule has 2 rings (SSSR count). The van der Waals surface area contributed by atoms with E-state index in [1.807, 2.05) is 0 Å². The lowest BCUT2D eigenvalue weighted by atomic mass is 9.94. The number of rotatable bonds is 6. The Labute approximate surface area is 131 Å². The first kappa shape index (κ1) is 16.7. The predicted octanol–water partition coefficient (Wildman–Crippen LogP) is 2.44. The predicted molar refractivity (Wildman–Crippen MR) is 84.3 cm³/mol. The fourth-order valence-corrected chi connectivity index (χ4v) is 2.66. The lowest BCUT2D eigenvalue weighted by Crippen LogP contribution is -2.38. The molecule has 1 aliphatic heterocycles. The summed E-state index contributed by atoms with van der Waals surface area (Å²) in [7, 11) is 2.15. The number of piperidine rings is 1. The summed E-state index contributed by atoms with van der Waals surface area (Å²) < 4.78 is 18.3. The van der Waals surface area contributed by atoms with Crippen LogP contribution in [0.3, 0.4) is 0 Å². The summed E-state index contributed by atoms with van der Waals surface area (Å²) in [5.74, 6) is 0.754. The van der Waals surface area contributed by atoms with E-state index in [0.29, 0.717) is 18.2 Å². The zero-order valence-electron chi connectivity index (χ0n) is 13.3. The number of halogens is 1. The van der Waals surface area contributed by atoms with Gasteiger partial charge in [0, 0.05) is 6.54 Å². The Morgan fingerprint density at radius 3 is 2.64 bits per heavy atom. The highest BCUT2D eigenvalue weighted by atomic mass is 19.1. The Balaban J connectivity index is 1.67. The molecule has 0 aliphatic carbocycles. The second-order valence-electron chi connectivity index (χ2n) is 6.04. The number of carbonyl (C=O) groups is 1. The van der Waals surface area contributed by atoms with Crippen LogP contribution in [0.5, 0.6) is 5.75 Å². The fraction of sp³-hybridized carbons (Fsp3) is 0.588. The maximum absolute atomic E-state index is 12.8. The molecule has 1 heterocycles. The first-order valence-corrected chi connectivity index (χ1v) is 7.93. The maximum atomic E-state index is 12.8. The molecule has 1 aromatic carbocycles. The molecule has 0 bridgehead atoms. The van der Waals surface area contributed by atoms with Crippen LogP contribution in [0.1, 0.15) is 26.2 Å². The number of amides is 1. The van der Waals surface area contributed by atoms with Crippen LogP contribution in [-0.2, 0) is 4.79 Å². The molecule has 0 radical (unpaired) electrons. The minimum absolute atomic E-state index is 0.128. The summed E-state index contributed by atoms with van der Waals surface area (Å²) in [6.07, 6.45) is 2.84. The highest BCUT2D eigenvalue weighted by molar-refractivity contribution is 5.80. The Morgan fingerprint density at radius 1 is 1.36 bits per heavy atom. The summed E-state index contributed by atoms with van der Waals surface area (Å²) in [6, 6.07) is 5.69. The zero-order valence-corrected chi connectivity index (χ0v) is 13.3. The molecule has 0 spiro atoms. The van der Waals surface area contributed by atoms with Gasteiger partial charge < -0.3 is 15.0 Å². The zero-order chi connectivity index (χ0) is 15.9. The van der Waals surface area contributed by atoms with E-state index in [4.69, 9.17) is 4.74 Å². The van der Waals surface area contributed by atoms with Crippen molar-refractivity contribution in [1.29, 1.82) is 0 Å². The van der Waals surface area contributed by atoms with Crippen molar-refractivity contribution in [3.8, 4) is 5.75 Å². The van der Waals surface area contributed by atoms with Crippen molar-refractivity contribution < 1.29 is 13.9 Å². The molecule has 5 heteroatoms. The summed E-state index contributed by atoms with van der Waals surface area (Å²) in [5.41, 5.74) is 0. The fourth-order valence-electron chi connectivity index (χ4n) is 2.66. The number of hydrogen-bond acceptors (Lipinski definition) is 3. The van der Waals surface area contributed by atoms with Crippen molar-refractivity contribution in [2.24, 2.45) is 5.92 Å². The van der Waals surface area contributed by atoms with Crippen molar-refractivity contribution in [2.45, 2.75) is 32.3 Å². The average Bonchev–Trinajstić information content (AvgIpc) is 2.51. The minimum Gasteiger partial charge on any atom is -0.481 e. The average molecular weight is 308 g/mol. The van der Waals surface area contributed by atoms with Gasteiger partial charge >= 0.3 is 0 Å². The Hall–Kier alpha value is -1.62. The van der Waals surface area contributed by atoms with Gasteiger partial charge in [0.25, 0.3) is 5.91 Å². The highest BCUT2D eigenvalue weighted by Gasteiger charge is 2.18. The van der Waals surface area contributed by atoms with Crippen LogP contribution in [0, 0.1) is 11.7 Å². The molecule has 0 saturated carbocycles. The molecular weight excluding hydrogens is 283 g/mol. The molecule has 1 atom stereocenters. The van der Waals surface area contributed by atoms with Gasteiger partial charge in [0.15, 0.2) is 6.10 Å². The molecule has 1 amide bonds. The molecule has 122 valence electrons. The van der Waals surface area contributed by atoms with E-state index >= 15 is 0 Å². The van der Waals surface area contributed by atoms with Crippen LogP contribution in [0.2, 0.25) is 0 Å². The second kappa shape index (κ2) is 8.13. The van der Waals surface area contributed by atoms with Gasteiger partial charge in [0.1, 0.15) is 11.6 Å². The normalized spacial score (nSPS) is 18.0. The van der Waals surface area contributed by atoms with Gasteiger partial charge in [0.05, 0.1) is 0 Å².